The van der Waals surface area contributed by atoms with E-state index in [1.165, 1.54) is 18.1 Å². The molecule has 2 aliphatic rings. The Labute approximate surface area is 145 Å². The van der Waals surface area contributed by atoms with E-state index in [2.05, 4.69) is 32.0 Å². The van der Waals surface area contributed by atoms with E-state index in [1.54, 1.807) is 11.3 Å². The Morgan fingerprint density at radius 3 is 3.09 bits per heavy atom. The fourth-order valence-electron chi connectivity index (χ4n) is 3.42. The van der Waals surface area contributed by atoms with Crippen molar-refractivity contribution in [1.29, 1.82) is 0 Å². The van der Waals surface area contributed by atoms with Crippen LogP contribution in [0.5, 0.6) is 0 Å². The Balaban J connectivity index is 1.24. The average Bonchev–Trinajstić information content (AvgIpc) is 3.15. The Kier molecular flexibility index (Phi) is 4.41. The monoisotopic (exact) mass is 347 g/mol. The number of aryl methyl sites for hydroxylation is 1. The summed E-state index contributed by atoms with van der Waals surface area (Å²) >= 11 is 3.84. The number of thiazole rings is 1. The van der Waals surface area contributed by atoms with Crippen LogP contribution in [0.15, 0.2) is 29.8 Å². The number of rotatable bonds is 5. The first kappa shape index (κ1) is 15.6. The molecule has 2 aliphatic heterocycles. The van der Waals surface area contributed by atoms with E-state index < -0.39 is 0 Å². The summed E-state index contributed by atoms with van der Waals surface area (Å²) in [7, 11) is 0. The van der Waals surface area contributed by atoms with Crippen LogP contribution in [0.4, 0.5) is 0 Å². The molecule has 6 heteroatoms. The quantitative estimate of drug-likeness (QED) is 0.831. The van der Waals surface area contributed by atoms with Gasteiger partial charge in [0.1, 0.15) is 5.01 Å². The zero-order valence-corrected chi connectivity index (χ0v) is 14.9. The van der Waals surface area contributed by atoms with Gasteiger partial charge in [-0.1, -0.05) is 6.07 Å². The van der Waals surface area contributed by atoms with Gasteiger partial charge in [-0.3, -0.25) is 9.88 Å². The molecule has 4 rings (SSSR count). The van der Waals surface area contributed by atoms with E-state index >= 15 is 0 Å². The van der Waals surface area contributed by atoms with E-state index in [0.29, 0.717) is 17.5 Å². The molecule has 23 heavy (non-hydrogen) atoms. The summed E-state index contributed by atoms with van der Waals surface area (Å²) in [5.41, 5.74) is 2.09. The van der Waals surface area contributed by atoms with Gasteiger partial charge in [0.25, 0.3) is 0 Å². The first-order valence-electron chi connectivity index (χ1n) is 8.00. The number of ether oxygens (including phenoxy) is 1. The summed E-state index contributed by atoms with van der Waals surface area (Å²) in [6.45, 7) is 5.99. The highest BCUT2D eigenvalue weighted by atomic mass is 32.2. The summed E-state index contributed by atoms with van der Waals surface area (Å²) in [6, 6.07) is 6.12. The maximum atomic E-state index is 6.10. The Bertz CT molecular complexity index is 656. The van der Waals surface area contributed by atoms with Gasteiger partial charge < -0.3 is 4.74 Å². The highest BCUT2D eigenvalue weighted by molar-refractivity contribution is 8.01. The van der Waals surface area contributed by atoms with Crippen molar-refractivity contribution >= 4 is 23.1 Å². The van der Waals surface area contributed by atoms with Crippen molar-refractivity contribution in [3.05, 3.63) is 46.2 Å². The smallest absolute Gasteiger partial charge is 0.107 e. The highest BCUT2D eigenvalue weighted by Gasteiger charge is 2.49. The van der Waals surface area contributed by atoms with Gasteiger partial charge in [0, 0.05) is 40.9 Å². The molecule has 2 aromatic rings. The molecule has 2 fully saturated rings. The summed E-state index contributed by atoms with van der Waals surface area (Å²) in [5, 5.41) is 3.28. The van der Waals surface area contributed by atoms with Crippen LogP contribution in [-0.2, 0) is 17.9 Å². The molecule has 122 valence electrons. The summed E-state index contributed by atoms with van der Waals surface area (Å²) < 4.78 is 6.52. The summed E-state index contributed by atoms with van der Waals surface area (Å²) in [6.07, 6.45) is 3.42. The fourth-order valence-corrected chi connectivity index (χ4v) is 5.68. The lowest BCUT2D eigenvalue weighted by molar-refractivity contribution is 0.0250. The van der Waals surface area contributed by atoms with Crippen LogP contribution in [0.2, 0.25) is 0 Å². The second kappa shape index (κ2) is 6.51. The number of likely N-dealkylation sites (tertiary alicyclic amines) is 1. The van der Waals surface area contributed by atoms with Crippen molar-refractivity contribution in [3.63, 3.8) is 0 Å². The van der Waals surface area contributed by atoms with Crippen molar-refractivity contribution in [3.8, 4) is 0 Å². The molecule has 0 aliphatic carbocycles. The lowest BCUT2D eigenvalue weighted by Gasteiger charge is -2.47. The third kappa shape index (κ3) is 3.60. The van der Waals surface area contributed by atoms with Crippen LogP contribution in [0.25, 0.3) is 0 Å². The Morgan fingerprint density at radius 1 is 1.39 bits per heavy atom. The fraction of sp³-hybridized carbons (Fsp3) is 0.529. The lowest BCUT2D eigenvalue weighted by atomic mass is 9.93. The maximum Gasteiger partial charge on any atom is 0.107 e. The number of hydrogen-bond donors (Lipinski definition) is 0. The highest BCUT2D eigenvalue weighted by Crippen LogP contribution is 2.46. The van der Waals surface area contributed by atoms with E-state index in [4.69, 9.17) is 4.74 Å². The molecule has 0 N–H and O–H groups in total. The van der Waals surface area contributed by atoms with Crippen molar-refractivity contribution in [2.24, 2.45) is 0 Å². The SMILES string of the molecule is Cc1cccc(COC2CSC3(C2)CN(Cc2nccs2)C3)n1. The molecule has 1 atom stereocenters. The summed E-state index contributed by atoms with van der Waals surface area (Å²) in [4.78, 5) is 11.4. The molecule has 0 radical (unpaired) electrons. The van der Waals surface area contributed by atoms with Crippen molar-refractivity contribution in [1.82, 2.24) is 14.9 Å². The normalized spacial score (nSPS) is 23.3. The minimum Gasteiger partial charge on any atom is -0.371 e. The van der Waals surface area contributed by atoms with Crippen LogP contribution in [0.3, 0.4) is 0 Å². The predicted molar refractivity (Wildman–Crippen MR) is 94.7 cm³/mol. The Hall–Kier alpha value is -0.950. The molecular weight excluding hydrogens is 326 g/mol. The molecule has 0 bridgehead atoms. The lowest BCUT2D eigenvalue weighted by Crippen LogP contribution is -2.58. The molecule has 4 heterocycles. The third-order valence-corrected chi connectivity index (χ3v) is 6.79. The van der Waals surface area contributed by atoms with E-state index in [1.807, 2.05) is 31.3 Å². The maximum absolute atomic E-state index is 6.10. The zero-order chi connectivity index (χ0) is 15.7. The van der Waals surface area contributed by atoms with Gasteiger partial charge in [-0.2, -0.15) is 0 Å². The number of pyridine rings is 1. The van der Waals surface area contributed by atoms with E-state index in [0.717, 1.165) is 30.1 Å². The average molecular weight is 348 g/mol. The molecule has 0 amide bonds. The van der Waals surface area contributed by atoms with Crippen LogP contribution in [-0.4, -0.2) is 44.6 Å². The van der Waals surface area contributed by atoms with Crippen LogP contribution in [0.1, 0.15) is 22.8 Å². The van der Waals surface area contributed by atoms with E-state index in [-0.39, 0.29) is 0 Å². The van der Waals surface area contributed by atoms with Gasteiger partial charge in [-0.15, -0.1) is 23.1 Å². The van der Waals surface area contributed by atoms with Crippen LogP contribution >= 0.6 is 23.1 Å². The molecule has 1 unspecified atom stereocenters. The molecule has 4 nitrogen and oxygen atoms in total. The van der Waals surface area contributed by atoms with E-state index in [9.17, 15) is 0 Å². The number of thioether (sulfide) groups is 1. The van der Waals surface area contributed by atoms with Gasteiger partial charge in [0.2, 0.25) is 0 Å². The van der Waals surface area contributed by atoms with Crippen LogP contribution in [0, 0.1) is 6.92 Å². The summed E-state index contributed by atoms with van der Waals surface area (Å²) in [5.74, 6) is 1.11. The topological polar surface area (TPSA) is 38.2 Å². The van der Waals surface area contributed by atoms with Gasteiger partial charge in [0.05, 0.1) is 24.9 Å². The molecule has 0 aromatic carbocycles. The minimum absolute atomic E-state index is 0.365. The van der Waals surface area contributed by atoms with Crippen molar-refractivity contribution in [2.45, 2.75) is 37.3 Å². The molecule has 2 aromatic heterocycles. The predicted octanol–water partition coefficient (Wildman–Crippen LogP) is 3.12. The molecular formula is C17H21N3OS2. The molecule has 2 saturated heterocycles. The van der Waals surface area contributed by atoms with Crippen molar-refractivity contribution in [2.75, 3.05) is 18.8 Å². The second-order valence-corrected chi connectivity index (χ2v) is 8.94. The second-order valence-electron chi connectivity index (χ2n) is 6.47. The largest absolute Gasteiger partial charge is 0.371 e. The van der Waals surface area contributed by atoms with Gasteiger partial charge in [0.15, 0.2) is 0 Å². The first-order chi connectivity index (χ1) is 11.2. The first-order valence-corrected chi connectivity index (χ1v) is 9.86. The van der Waals surface area contributed by atoms with Gasteiger partial charge >= 0.3 is 0 Å². The number of hydrogen-bond acceptors (Lipinski definition) is 6. The number of nitrogens with zero attached hydrogens (tertiary/aromatic N) is 3. The van der Waals surface area contributed by atoms with Gasteiger partial charge in [-0.25, -0.2) is 4.98 Å². The van der Waals surface area contributed by atoms with Crippen LogP contribution < -0.4 is 0 Å². The minimum atomic E-state index is 0.365. The molecule has 1 spiro atoms. The Morgan fingerprint density at radius 2 is 2.30 bits per heavy atom. The molecule has 0 saturated carbocycles. The standard InChI is InChI=1S/C17H21N3OS2/c1-13-3-2-4-14(19-13)9-21-15-7-17(23-10-15)11-20(12-17)8-16-18-5-6-22-16/h2-6,15H,7-12H2,1H3. The number of aromatic nitrogens is 2. The van der Waals surface area contributed by atoms with Crippen molar-refractivity contribution < 1.29 is 4.74 Å². The third-order valence-electron chi connectivity index (χ3n) is 4.45. The van der Waals surface area contributed by atoms with Gasteiger partial charge in [-0.05, 0) is 25.5 Å². The zero-order valence-electron chi connectivity index (χ0n) is 13.3.